The average Bonchev–Trinajstić information content (AvgIpc) is 3.09. The number of hydrogen-bond donors (Lipinski definition) is 0. The van der Waals surface area contributed by atoms with Crippen molar-refractivity contribution in [2.24, 2.45) is 0 Å². The highest BCUT2D eigenvalue weighted by molar-refractivity contribution is 5.92. The number of piperidine rings is 1. The molecule has 23 heavy (non-hydrogen) atoms. The van der Waals surface area contributed by atoms with Crippen LogP contribution in [0.1, 0.15) is 41.0 Å². The van der Waals surface area contributed by atoms with E-state index >= 15 is 0 Å². The van der Waals surface area contributed by atoms with Crippen LogP contribution in [0.3, 0.4) is 0 Å². The fraction of sp³-hybridized carbons (Fsp3) is 0.500. The molecule has 0 atom stereocenters. The van der Waals surface area contributed by atoms with Crippen molar-refractivity contribution >= 4 is 5.91 Å². The van der Waals surface area contributed by atoms with Gasteiger partial charge in [-0.05, 0) is 25.0 Å². The Labute approximate surface area is 134 Å². The summed E-state index contributed by atoms with van der Waals surface area (Å²) in [6, 6.07) is 5.38. The lowest BCUT2D eigenvalue weighted by molar-refractivity contribution is 0.0698. The molecule has 2 aromatic rings. The van der Waals surface area contributed by atoms with Crippen LogP contribution in [0.25, 0.3) is 0 Å². The second-order valence-corrected chi connectivity index (χ2v) is 5.57. The van der Waals surface area contributed by atoms with E-state index in [1.165, 1.54) is 0 Å². The molecule has 1 fully saturated rings. The number of amides is 1. The monoisotopic (exact) mass is 316 g/mol. The Kier molecular flexibility index (Phi) is 4.97. The maximum Gasteiger partial charge on any atom is 0.272 e. The molecule has 1 aliphatic heterocycles. The van der Waals surface area contributed by atoms with Crippen LogP contribution in [-0.4, -0.2) is 52.7 Å². The van der Waals surface area contributed by atoms with E-state index in [0.717, 1.165) is 12.8 Å². The van der Waals surface area contributed by atoms with Crippen molar-refractivity contribution in [3.05, 3.63) is 41.8 Å². The predicted octanol–water partition coefficient (Wildman–Crippen LogP) is 1.67. The number of methoxy groups -OCH3 is 1. The zero-order valence-electron chi connectivity index (χ0n) is 13.1. The summed E-state index contributed by atoms with van der Waals surface area (Å²) < 4.78 is 10.4. The minimum Gasteiger partial charge on any atom is -0.384 e. The first-order valence-electron chi connectivity index (χ1n) is 7.79. The van der Waals surface area contributed by atoms with Gasteiger partial charge in [0.25, 0.3) is 5.91 Å². The summed E-state index contributed by atoms with van der Waals surface area (Å²) in [4.78, 5) is 22.7. The van der Waals surface area contributed by atoms with E-state index in [9.17, 15) is 4.79 Å². The quantitative estimate of drug-likeness (QED) is 0.834. The van der Waals surface area contributed by atoms with Gasteiger partial charge in [0.2, 0.25) is 5.89 Å². The van der Waals surface area contributed by atoms with Crippen LogP contribution in [0.4, 0.5) is 0 Å². The molecule has 0 spiro atoms. The Morgan fingerprint density at radius 3 is 2.91 bits per heavy atom. The van der Waals surface area contributed by atoms with Gasteiger partial charge in [-0.1, -0.05) is 11.2 Å². The van der Waals surface area contributed by atoms with Gasteiger partial charge in [0.15, 0.2) is 5.82 Å². The molecule has 0 radical (unpaired) electrons. The fourth-order valence-corrected chi connectivity index (χ4v) is 2.71. The van der Waals surface area contributed by atoms with Crippen molar-refractivity contribution in [2.75, 3.05) is 26.8 Å². The van der Waals surface area contributed by atoms with Gasteiger partial charge in [0.1, 0.15) is 5.69 Å². The maximum atomic E-state index is 12.4. The molecule has 2 aromatic heterocycles. The summed E-state index contributed by atoms with van der Waals surface area (Å²) in [5, 5.41) is 3.97. The lowest BCUT2D eigenvalue weighted by atomic mass is 9.96. The topological polar surface area (TPSA) is 81.4 Å². The van der Waals surface area contributed by atoms with Crippen LogP contribution < -0.4 is 0 Å². The second kappa shape index (κ2) is 7.32. The molecule has 3 heterocycles. The zero-order valence-corrected chi connectivity index (χ0v) is 13.1. The Hall–Kier alpha value is -2.28. The van der Waals surface area contributed by atoms with Gasteiger partial charge < -0.3 is 14.2 Å². The minimum absolute atomic E-state index is 0.0182. The molecule has 0 unspecified atom stereocenters. The Balaban J connectivity index is 1.56. The fourth-order valence-electron chi connectivity index (χ4n) is 2.71. The maximum absolute atomic E-state index is 12.4. The SMILES string of the molecule is COCCc1noc(C2CCN(C(=O)c3ccccn3)CC2)n1. The summed E-state index contributed by atoms with van der Waals surface area (Å²) in [5.74, 6) is 1.54. The average molecular weight is 316 g/mol. The van der Waals surface area contributed by atoms with Crippen molar-refractivity contribution in [1.29, 1.82) is 0 Å². The number of carbonyl (C=O) groups excluding carboxylic acids is 1. The predicted molar refractivity (Wildman–Crippen MR) is 82.0 cm³/mol. The molecule has 0 N–H and O–H groups in total. The standard InChI is InChI=1S/C16H20N4O3/c1-22-11-7-14-18-15(23-19-14)12-5-9-20(10-6-12)16(21)13-4-2-3-8-17-13/h2-4,8,12H,5-7,9-11H2,1H3. The summed E-state index contributed by atoms with van der Waals surface area (Å²) in [6.07, 6.45) is 3.94. The van der Waals surface area contributed by atoms with E-state index in [4.69, 9.17) is 9.26 Å². The summed E-state index contributed by atoms with van der Waals surface area (Å²) in [7, 11) is 1.65. The molecule has 122 valence electrons. The van der Waals surface area contributed by atoms with E-state index in [2.05, 4.69) is 15.1 Å². The van der Waals surface area contributed by atoms with Crippen molar-refractivity contribution in [1.82, 2.24) is 20.0 Å². The third-order valence-corrected chi connectivity index (χ3v) is 4.03. The molecule has 1 saturated heterocycles. The van der Waals surface area contributed by atoms with E-state index in [1.54, 1.807) is 25.4 Å². The van der Waals surface area contributed by atoms with E-state index < -0.39 is 0 Å². The normalized spacial score (nSPS) is 15.8. The van der Waals surface area contributed by atoms with Crippen LogP contribution in [0.5, 0.6) is 0 Å². The lowest BCUT2D eigenvalue weighted by Crippen LogP contribution is -2.38. The molecule has 0 saturated carbocycles. The Morgan fingerprint density at radius 2 is 2.22 bits per heavy atom. The molecule has 0 aromatic carbocycles. The number of hydrogen-bond acceptors (Lipinski definition) is 6. The first-order chi connectivity index (χ1) is 11.3. The third-order valence-electron chi connectivity index (χ3n) is 4.03. The van der Waals surface area contributed by atoms with Crippen molar-refractivity contribution in [3.8, 4) is 0 Å². The minimum atomic E-state index is -0.0182. The molecular weight excluding hydrogens is 296 g/mol. The van der Waals surface area contributed by atoms with Gasteiger partial charge in [-0.3, -0.25) is 9.78 Å². The highest BCUT2D eigenvalue weighted by Crippen LogP contribution is 2.27. The molecule has 1 aliphatic rings. The van der Waals surface area contributed by atoms with Crippen LogP contribution >= 0.6 is 0 Å². The molecule has 3 rings (SSSR count). The van der Waals surface area contributed by atoms with Crippen LogP contribution in [0, 0.1) is 0 Å². The molecule has 0 bridgehead atoms. The lowest BCUT2D eigenvalue weighted by Gasteiger charge is -2.30. The van der Waals surface area contributed by atoms with Gasteiger partial charge in [0.05, 0.1) is 6.61 Å². The van der Waals surface area contributed by atoms with E-state index in [0.29, 0.717) is 43.5 Å². The number of rotatable bonds is 5. The van der Waals surface area contributed by atoms with E-state index in [-0.39, 0.29) is 11.8 Å². The van der Waals surface area contributed by atoms with Crippen LogP contribution in [0.15, 0.2) is 28.9 Å². The van der Waals surface area contributed by atoms with Gasteiger partial charge in [-0.15, -0.1) is 0 Å². The Morgan fingerprint density at radius 1 is 1.39 bits per heavy atom. The summed E-state index contributed by atoms with van der Waals surface area (Å²) in [5.41, 5.74) is 0.491. The molecular formula is C16H20N4O3. The number of pyridine rings is 1. The number of carbonyl (C=O) groups is 1. The van der Waals surface area contributed by atoms with Crippen LogP contribution in [0.2, 0.25) is 0 Å². The number of likely N-dealkylation sites (tertiary alicyclic amines) is 1. The van der Waals surface area contributed by atoms with Crippen molar-refractivity contribution < 1.29 is 14.1 Å². The largest absolute Gasteiger partial charge is 0.384 e. The molecule has 1 amide bonds. The highest BCUT2D eigenvalue weighted by Gasteiger charge is 2.28. The first-order valence-corrected chi connectivity index (χ1v) is 7.79. The third kappa shape index (κ3) is 3.73. The van der Waals surface area contributed by atoms with Gasteiger partial charge in [-0.2, -0.15) is 4.98 Å². The molecule has 0 aliphatic carbocycles. The summed E-state index contributed by atoms with van der Waals surface area (Å²) >= 11 is 0. The van der Waals surface area contributed by atoms with Gasteiger partial charge >= 0.3 is 0 Å². The zero-order chi connectivity index (χ0) is 16.1. The van der Waals surface area contributed by atoms with Crippen LogP contribution in [-0.2, 0) is 11.2 Å². The first kappa shape index (κ1) is 15.6. The Bertz CT molecular complexity index is 636. The molecule has 7 nitrogen and oxygen atoms in total. The highest BCUT2D eigenvalue weighted by atomic mass is 16.5. The number of nitrogens with zero attached hydrogens (tertiary/aromatic N) is 4. The summed E-state index contributed by atoms with van der Waals surface area (Å²) in [6.45, 7) is 1.93. The van der Waals surface area contributed by atoms with Gasteiger partial charge in [-0.25, -0.2) is 0 Å². The van der Waals surface area contributed by atoms with Gasteiger partial charge in [0, 0.05) is 38.7 Å². The van der Waals surface area contributed by atoms with Crippen molar-refractivity contribution in [3.63, 3.8) is 0 Å². The van der Waals surface area contributed by atoms with E-state index in [1.807, 2.05) is 11.0 Å². The molecule has 7 heteroatoms. The second-order valence-electron chi connectivity index (χ2n) is 5.57. The smallest absolute Gasteiger partial charge is 0.272 e. The van der Waals surface area contributed by atoms with Crippen molar-refractivity contribution in [2.45, 2.75) is 25.2 Å². The number of aromatic nitrogens is 3. The number of ether oxygens (including phenoxy) is 1.